The van der Waals surface area contributed by atoms with Gasteiger partial charge in [0.25, 0.3) is 5.91 Å². The fourth-order valence-corrected chi connectivity index (χ4v) is 6.51. The number of carbonyl (C=O) groups is 2. The molecule has 3 fully saturated rings. The van der Waals surface area contributed by atoms with Crippen molar-refractivity contribution < 1.29 is 14.7 Å². The van der Waals surface area contributed by atoms with Crippen molar-refractivity contribution in [2.24, 2.45) is 23.2 Å². The molecule has 1 amide bonds. The molecule has 3 aliphatic rings. The first-order valence-electron chi connectivity index (χ1n) is 11.0. The molecule has 1 heterocycles. The molecule has 3 saturated carbocycles. The van der Waals surface area contributed by atoms with Gasteiger partial charge >= 0.3 is 5.97 Å². The van der Waals surface area contributed by atoms with Crippen LogP contribution < -0.4 is 5.32 Å². The van der Waals surface area contributed by atoms with Gasteiger partial charge in [-0.2, -0.15) is 0 Å². The molecule has 4 atom stereocenters. The quantitative estimate of drug-likeness (QED) is 0.410. The van der Waals surface area contributed by atoms with Gasteiger partial charge in [-0.05, 0) is 78.2 Å². The minimum absolute atomic E-state index is 0.0441. The Bertz CT molecular complexity index is 960. The van der Waals surface area contributed by atoms with E-state index in [1.54, 1.807) is 11.3 Å². The summed E-state index contributed by atoms with van der Waals surface area (Å²) in [7, 11) is 0. The first-order valence-corrected chi connectivity index (χ1v) is 11.9. The van der Waals surface area contributed by atoms with Gasteiger partial charge in [0.1, 0.15) is 0 Å². The largest absolute Gasteiger partial charge is 0.481 e. The van der Waals surface area contributed by atoms with Gasteiger partial charge < -0.3 is 10.4 Å². The van der Waals surface area contributed by atoms with Crippen molar-refractivity contribution in [2.75, 3.05) is 0 Å². The highest BCUT2D eigenvalue weighted by Crippen LogP contribution is 2.62. The molecule has 4 nitrogen and oxygen atoms in total. The van der Waals surface area contributed by atoms with E-state index in [0.29, 0.717) is 29.6 Å². The van der Waals surface area contributed by atoms with Gasteiger partial charge in [-0.25, -0.2) is 0 Å². The highest BCUT2D eigenvalue weighted by atomic mass is 32.1. The van der Waals surface area contributed by atoms with E-state index in [9.17, 15) is 9.59 Å². The summed E-state index contributed by atoms with van der Waals surface area (Å²) in [4.78, 5) is 23.8. The molecule has 1 aromatic heterocycles. The topological polar surface area (TPSA) is 66.4 Å². The predicted molar refractivity (Wildman–Crippen MR) is 122 cm³/mol. The number of carboxylic acids is 1. The van der Waals surface area contributed by atoms with Crippen LogP contribution in [0.3, 0.4) is 0 Å². The predicted octanol–water partition coefficient (Wildman–Crippen LogP) is 5.88. The zero-order chi connectivity index (χ0) is 21.3. The number of carbonyl (C=O) groups excluding carboxylic acids is 1. The second-order valence-electron chi connectivity index (χ2n) is 9.48. The lowest BCUT2D eigenvalue weighted by molar-refractivity contribution is -0.137. The molecule has 0 saturated heterocycles. The van der Waals surface area contributed by atoms with Crippen LogP contribution >= 0.6 is 11.3 Å². The molecule has 5 heteroatoms. The number of thiophene rings is 1. The molecule has 0 aliphatic heterocycles. The van der Waals surface area contributed by atoms with Crippen molar-refractivity contribution in [3.63, 3.8) is 0 Å². The summed E-state index contributed by atoms with van der Waals surface area (Å²) in [5, 5.41) is 15.3. The lowest BCUT2D eigenvalue weighted by Crippen LogP contribution is -2.61. The van der Waals surface area contributed by atoms with E-state index in [0.717, 1.165) is 34.9 Å². The van der Waals surface area contributed by atoms with E-state index in [1.807, 2.05) is 17.5 Å². The molecular weight excluding hydrogens is 394 g/mol. The summed E-state index contributed by atoms with van der Waals surface area (Å²) in [6.45, 7) is 4.75. The van der Waals surface area contributed by atoms with Crippen molar-refractivity contribution in [2.45, 2.75) is 58.4 Å². The standard InChI is InChI=1S/C25H31NO3S/c1-25(2)17-14-20(25)18(9-5-3-4-6-11-22(27)28)21(15-17)26-24(29)19-10-7-8-16-12-13-30-23(16)19/h3,5,7-8,10,12-13,17-18,20-21H,4,6,9,11,14-15H2,1-2H3,(H,26,29)(H,27,28)/t17-,18+,20+,21?/m1/s1. The van der Waals surface area contributed by atoms with Crippen LogP contribution in [0.2, 0.25) is 0 Å². The van der Waals surface area contributed by atoms with Crippen molar-refractivity contribution >= 4 is 33.3 Å². The average molecular weight is 426 g/mol. The molecule has 0 radical (unpaired) electrons. The Hall–Kier alpha value is -2.14. The Balaban J connectivity index is 1.44. The van der Waals surface area contributed by atoms with Crippen molar-refractivity contribution in [3.8, 4) is 0 Å². The second kappa shape index (κ2) is 8.54. The molecule has 1 aromatic carbocycles. The van der Waals surface area contributed by atoms with E-state index in [2.05, 4.69) is 43.4 Å². The molecule has 5 rings (SSSR count). The number of rotatable bonds is 8. The van der Waals surface area contributed by atoms with Crippen LogP contribution in [-0.2, 0) is 4.79 Å². The summed E-state index contributed by atoms with van der Waals surface area (Å²) >= 11 is 1.62. The minimum atomic E-state index is -0.735. The first-order chi connectivity index (χ1) is 14.4. The highest BCUT2D eigenvalue weighted by Gasteiger charge is 2.57. The fraction of sp³-hybridized carbons (Fsp3) is 0.520. The van der Waals surface area contributed by atoms with Crippen LogP contribution in [0.4, 0.5) is 0 Å². The SMILES string of the molecule is CC1(C)[C@H]2CC(NC(=O)c3cccc4ccsc34)[C@@H](CC=CCCCC(=O)O)[C@@H]1C2. The summed E-state index contributed by atoms with van der Waals surface area (Å²) in [6, 6.07) is 8.21. The van der Waals surface area contributed by atoms with Crippen molar-refractivity contribution in [1.29, 1.82) is 0 Å². The number of carboxylic acid groups (broad SMARTS) is 1. The van der Waals surface area contributed by atoms with Crippen LogP contribution in [0, 0.1) is 23.2 Å². The van der Waals surface area contributed by atoms with Gasteiger partial charge in [0.2, 0.25) is 0 Å². The van der Waals surface area contributed by atoms with Gasteiger partial charge in [0.15, 0.2) is 0 Å². The summed E-state index contributed by atoms with van der Waals surface area (Å²) in [5.74, 6) is 1.06. The zero-order valence-corrected chi connectivity index (χ0v) is 18.6. The average Bonchev–Trinajstić information content (AvgIpc) is 3.19. The number of fused-ring (bicyclic) bond motifs is 3. The number of unbranched alkanes of at least 4 members (excludes halogenated alkanes) is 1. The normalized spacial score (nSPS) is 27.1. The van der Waals surface area contributed by atoms with Gasteiger partial charge in [0.05, 0.1) is 5.56 Å². The molecule has 160 valence electrons. The molecule has 0 spiro atoms. The van der Waals surface area contributed by atoms with Gasteiger partial charge in [-0.3, -0.25) is 9.59 Å². The Morgan fingerprint density at radius 2 is 2.07 bits per heavy atom. The van der Waals surface area contributed by atoms with Crippen LogP contribution in [0.25, 0.3) is 10.1 Å². The lowest BCUT2D eigenvalue weighted by Gasteiger charge is -2.62. The Morgan fingerprint density at radius 1 is 1.23 bits per heavy atom. The van der Waals surface area contributed by atoms with E-state index >= 15 is 0 Å². The molecule has 2 bridgehead atoms. The fourth-order valence-electron chi connectivity index (χ4n) is 5.60. The first kappa shape index (κ1) is 21.1. The van der Waals surface area contributed by atoms with E-state index in [4.69, 9.17) is 5.11 Å². The van der Waals surface area contributed by atoms with E-state index in [1.165, 1.54) is 6.42 Å². The van der Waals surface area contributed by atoms with Crippen LogP contribution in [0.1, 0.15) is 62.7 Å². The van der Waals surface area contributed by atoms with Crippen LogP contribution in [0.15, 0.2) is 41.8 Å². The lowest BCUT2D eigenvalue weighted by atomic mass is 9.44. The monoisotopic (exact) mass is 425 g/mol. The number of hydrogen-bond acceptors (Lipinski definition) is 3. The smallest absolute Gasteiger partial charge is 0.303 e. The zero-order valence-electron chi connectivity index (χ0n) is 17.8. The third-order valence-corrected chi connectivity index (χ3v) is 8.46. The Labute approximate surface area is 182 Å². The summed E-state index contributed by atoms with van der Waals surface area (Å²) < 4.78 is 1.06. The van der Waals surface area contributed by atoms with E-state index in [-0.39, 0.29) is 18.4 Å². The summed E-state index contributed by atoms with van der Waals surface area (Å²) in [6.07, 6.45) is 9.28. The maximum atomic E-state index is 13.2. The van der Waals surface area contributed by atoms with Crippen molar-refractivity contribution in [1.82, 2.24) is 5.32 Å². The molecule has 30 heavy (non-hydrogen) atoms. The third kappa shape index (κ3) is 4.04. The molecule has 2 N–H and O–H groups in total. The van der Waals surface area contributed by atoms with E-state index < -0.39 is 5.97 Å². The molecule has 2 aromatic rings. The molecule has 3 aliphatic carbocycles. The minimum Gasteiger partial charge on any atom is -0.481 e. The third-order valence-electron chi connectivity index (χ3n) is 7.49. The number of nitrogens with one attached hydrogen (secondary N) is 1. The number of allylic oxidation sites excluding steroid dienone is 2. The number of aliphatic carboxylic acids is 1. The maximum Gasteiger partial charge on any atom is 0.303 e. The van der Waals surface area contributed by atoms with Gasteiger partial charge in [-0.1, -0.05) is 38.1 Å². The number of benzene rings is 1. The number of amides is 1. The Morgan fingerprint density at radius 3 is 2.83 bits per heavy atom. The Kier molecular flexibility index (Phi) is 6.01. The molecule has 1 unspecified atom stereocenters. The van der Waals surface area contributed by atoms with Crippen LogP contribution in [-0.4, -0.2) is 23.0 Å². The maximum absolute atomic E-state index is 13.2. The number of hydrogen-bond donors (Lipinski definition) is 2. The van der Waals surface area contributed by atoms with Gasteiger partial charge in [-0.15, -0.1) is 11.3 Å². The van der Waals surface area contributed by atoms with Crippen LogP contribution in [0.5, 0.6) is 0 Å². The van der Waals surface area contributed by atoms with Gasteiger partial charge in [0, 0.05) is 17.2 Å². The highest BCUT2D eigenvalue weighted by molar-refractivity contribution is 7.17. The molecular formula is C25H31NO3S. The summed E-state index contributed by atoms with van der Waals surface area (Å²) in [5.41, 5.74) is 1.13. The van der Waals surface area contributed by atoms with Crippen molar-refractivity contribution in [3.05, 3.63) is 47.4 Å². The second-order valence-corrected chi connectivity index (χ2v) is 10.4.